The Kier molecular flexibility index (Phi) is 4.17. The molecule has 2 aliphatic rings. The van der Waals surface area contributed by atoms with E-state index in [0.29, 0.717) is 11.8 Å². The zero-order valence-corrected chi connectivity index (χ0v) is 12.6. The summed E-state index contributed by atoms with van der Waals surface area (Å²) >= 11 is 0. The van der Waals surface area contributed by atoms with Gasteiger partial charge in [-0.15, -0.1) is 0 Å². The number of carbonyl (C=O) groups is 1. The molecule has 2 heteroatoms. The first-order chi connectivity index (χ1) is 8.94. The monoisotopic (exact) mass is 262 g/mol. The van der Waals surface area contributed by atoms with E-state index >= 15 is 0 Å². The van der Waals surface area contributed by atoms with Gasteiger partial charge in [-0.3, -0.25) is 4.79 Å². The van der Waals surface area contributed by atoms with Crippen molar-refractivity contribution in [2.75, 3.05) is 0 Å². The Morgan fingerprint density at radius 1 is 1.47 bits per heavy atom. The summed E-state index contributed by atoms with van der Waals surface area (Å²) in [4.78, 5) is 12.3. The molecule has 2 rings (SSSR count). The van der Waals surface area contributed by atoms with Gasteiger partial charge in [-0.2, -0.15) is 0 Å². The van der Waals surface area contributed by atoms with Crippen molar-refractivity contribution in [1.29, 1.82) is 0 Å². The molecule has 0 aromatic heterocycles. The lowest BCUT2D eigenvalue weighted by Crippen LogP contribution is -2.37. The Bertz CT molecular complexity index is 403. The average Bonchev–Trinajstić information content (AvgIpc) is 2.38. The van der Waals surface area contributed by atoms with Crippen LogP contribution in [0.5, 0.6) is 0 Å². The first-order valence-corrected chi connectivity index (χ1v) is 7.53. The largest absolute Gasteiger partial charge is 0.461 e. The van der Waals surface area contributed by atoms with E-state index < -0.39 is 0 Å². The summed E-state index contributed by atoms with van der Waals surface area (Å²) in [5.41, 5.74) is 1.01. The predicted octanol–water partition coefficient (Wildman–Crippen LogP) is 4.27. The lowest BCUT2D eigenvalue weighted by molar-refractivity contribution is -0.163. The van der Waals surface area contributed by atoms with Gasteiger partial charge in [0.05, 0.1) is 5.41 Å². The average molecular weight is 262 g/mol. The molecule has 0 amide bonds. The van der Waals surface area contributed by atoms with Gasteiger partial charge in [-0.05, 0) is 51.0 Å². The highest BCUT2D eigenvalue weighted by molar-refractivity contribution is 5.76. The van der Waals surface area contributed by atoms with Gasteiger partial charge in [0.1, 0.15) is 6.10 Å². The van der Waals surface area contributed by atoms with Gasteiger partial charge in [-0.25, -0.2) is 0 Å². The normalized spacial score (nSPS) is 30.5. The number of esters is 1. The van der Waals surface area contributed by atoms with Crippen LogP contribution in [-0.2, 0) is 9.53 Å². The van der Waals surface area contributed by atoms with Gasteiger partial charge in [0.15, 0.2) is 0 Å². The fourth-order valence-electron chi connectivity index (χ4n) is 2.86. The lowest BCUT2D eigenvalue weighted by Gasteiger charge is -2.37. The van der Waals surface area contributed by atoms with E-state index in [0.717, 1.165) is 25.7 Å². The van der Waals surface area contributed by atoms with Crippen LogP contribution < -0.4 is 0 Å². The van der Waals surface area contributed by atoms with Crippen molar-refractivity contribution >= 4 is 5.97 Å². The first kappa shape index (κ1) is 14.4. The van der Waals surface area contributed by atoms with Crippen molar-refractivity contribution in [2.45, 2.75) is 59.5 Å². The van der Waals surface area contributed by atoms with Gasteiger partial charge >= 0.3 is 5.97 Å². The molecular weight excluding hydrogens is 236 g/mol. The maximum atomic E-state index is 12.3. The molecule has 0 N–H and O–H groups in total. The second-order valence-corrected chi connectivity index (χ2v) is 6.65. The molecule has 0 bridgehead atoms. The Morgan fingerprint density at radius 3 is 2.89 bits per heavy atom. The Labute approximate surface area is 116 Å². The molecule has 0 aromatic carbocycles. The molecule has 0 spiro atoms. The van der Waals surface area contributed by atoms with Crippen LogP contribution >= 0.6 is 0 Å². The zero-order chi connectivity index (χ0) is 14.0. The Morgan fingerprint density at radius 2 is 2.21 bits per heavy atom. The van der Waals surface area contributed by atoms with Gasteiger partial charge < -0.3 is 4.74 Å². The molecule has 0 heterocycles. The fourth-order valence-corrected chi connectivity index (χ4v) is 2.86. The molecular formula is C17H26O2. The van der Waals surface area contributed by atoms with Crippen LogP contribution in [0.25, 0.3) is 0 Å². The number of allylic oxidation sites excluding steroid dienone is 3. The highest BCUT2D eigenvalue weighted by Gasteiger charge is 2.36. The van der Waals surface area contributed by atoms with E-state index in [4.69, 9.17) is 4.74 Å². The van der Waals surface area contributed by atoms with Crippen LogP contribution in [0, 0.1) is 17.3 Å². The quantitative estimate of drug-likeness (QED) is 0.710. The molecule has 0 aliphatic heterocycles. The summed E-state index contributed by atoms with van der Waals surface area (Å²) in [6.07, 6.45) is 10.9. The smallest absolute Gasteiger partial charge is 0.311 e. The molecule has 0 saturated carbocycles. The number of hydrogen-bond donors (Lipinski definition) is 0. The summed E-state index contributed by atoms with van der Waals surface area (Å²) in [6, 6.07) is 0. The third kappa shape index (κ3) is 3.10. The molecule has 0 saturated heterocycles. The number of ether oxygens (including phenoxy) is 1. The van der Waals surface area contributed by atoms with Crippen molar-refractivity contribution in [3.63, 3.8) is 0 Å². The molecule has 2 aliphatic carbocycles. The van der Waals surface area contributed by atoms with Gasteiger partial charge in [0, 0.05) is 5.92 Å². The molecule has 3 unspecified atom stereocenters. The van der Waals surface area contributed by atoms with Crippen molar-refractivity contribution in [2.24, 2.45) is 17.3 Å². The van der Waals surface area contributed by atoms with Gasteiger partial charge in [0.2, 0.25) is 0 Å². The Hall–Kier alpha value is -1.05. The summed E-state index contributed by atoms with van der Waals surface area (Å²) in [5, 5.41) is 0. The van der Waals surface area contributed by atoms with Gasteiger partial charge in [0.25, 0.3) is 0 Å². The maximum Gasteiger partial charge on any atom is 0.311 e. The molecule has 0 aromatic rings. The van der Waals surface area contributed by atoms with Crippen molar-refractivity contribution in [3.8, 4) is 0 Å². The minimum atomic E-state index is -0.366. The van der Waals surface area contributed by atoms with E-state index in [1.54, 1.807) is 0 Å². The third-order valence-corrected chi connectivity index (χ3v) is 4.61. The summed E-state index contributed by atoms with van der Waals surface area (Å²) in [5.74, 6) is 0.873. The fraction of sp³-hybridized carbons (Fsp3) is 0.706. The molecule has 106 valence electrons. The minimum absolute atomic E-state index is 0.0389. The second-order valence-electron chi connectivity index (χ2n) is 6.65. The van der Waals surface area contributed by atoms with E-state index in [-0.39, 0.29) is 17.5 Å². The van der Waals surface area contributed by atoms with E-state index in [1.165, 1.54) is 5.57 Å². The van der Waals surface area contributed by atoms with E-state index in [1.807, 2.05) is 20.8 Å². The molecule has 19 heavy (non-hydrogen) atoms. The molecule has 2 nitrogen and oxygen atoms in total. The number of rotatable bonds is 3. The molecule has 0 fully saturated rings. The number of carbonyl (C=O) groups excluding carboxylic acids is 1. The summed E-state index contributed by atoms with van der Waals surface area (Å²) < 4.78 is 5.87. The molecule has 0 radical (unpaired) electrons. The van der Waals surface area contributed by atoms with Crippen molar-refractivity contribution in [3.05, 3.63) is 23.8 Å². The lowest BCUT2D eigenvalue weighted by atomic mass is 9.76. The first-order valence-electron chi connectivity index (χ1n) is 7.53. The topological polar surface area (TPSA) is 26.3 Å². The third-order valence-electron chi connectivity index (χ3n) is 4.61. The maximum absolute atomic E-state index is 12.3. The minimum Gasteiger partial charge on any atom is -0.461 e. The van der Waals surface area contributed by atoms with Crippen LogP contribution in [0.15, 0.2) is 23.8 Å². The Balaban J connectivity index is 2.11. The SMILES string of the molecule is CCC(C)(C)C(=O)OC1CC(C)C=C2C=CCCC21. The van der Waals surface area contributed by atoms with Crippen LogP contribution in [-0.4, -0.2) is 12.1 Å². The number of fused-ring (bicyclic) bond motifs is 1. The summed E-state index contributed by atoms with van der Waals surface area (Å²) in [7, 11) is 0. The van der Waals surface area contributed by atoms with Crippen LogP contribution in [0.2, 0.25) is 0 Å². The van der Waals surface area contributed by atoms with Gasteiger partial charge in [-0.1, -0.05) is 32.1 Å². The number of hydrogen-bond acceptors (Lipinski definition) is 2. The molecule has 3 atom stereocenters. The highest BCUT2D eigenvalue weighted by atomic mass is 16.5. The zero-order valence-electron chi connectivity index (χ0n) is 12.6. The standard InChI is InChI=1S/C17H26O2/c1-5-17(3,4)16(18)19-15-11-12(2)10-13-8-6-7-9-14(13)15/h6,8,10,12,14-15H,5,7,9,11H2,1-4H3. The van der Waals surface area contributed by atoms with E-state index in [2.05, 4.69) is 25.2 Å². The summed E-state index contributed by atoms with van der Waals surface area (Å²) in [6.45, 7) is 8.19. The van der Waals surface area contributed by atoms with Crippen molar-refractivity contribution < 1.29 is 9.53 Å². The van der Waals surface area contributed by atoms with E-state index in [9.17, 15) is 4.79 Å². The van der Waals surface area contributed by atoms with Crippen LogP contribution in [0.3, 0.4) is 0 Å². The highest BCUT2D eigenvalue weighted by Crippen LogP contribution is 2.38. The van der Waals surface area contributed by atoms with Crippen molar-refractivity contribution in [1.82, 2.24) is 0 Å². The predicted molar refractivity (Wildman–Crippen MR) is 77.7 cm³/mol. The second kappa shape index (κ2) is 5.52. The van der Waals surface area contributed by atoms with Crippen LogP contribution in [0.1, 0.15) is 53.4 Å². The van der Waals surface area contributed by atoms with Crippen LogP contribution in [0.4, 0.5) is 0 Å².